The zero-order valence-corrected chi connectivity index (χ0v) is 18.0. The number of hydrogen-bond donors (Lipinski definition) is 4. The van der Waals surface area contributed by atoms with Gasteiger partial charge in [0.2, 0.25) is 0 Å². The SMILES string of the molecule is CC(C)(C)[C@@H](Nc1nsnc1Nc1csc(S(N)(=O)=O)c1O)c1ccccc1. The van der Waals surface area contributed by atoms with Crippen LogP contribution in [0, 0.1) is 5.41 Å². The molecule has 5 N–H and O–H groups in total. The van der Waals surface area contributed by atoms with Crippen molar-refractivity contribution >= 4 is 50.4 Å². The number of rotatable bonds is 6. The summed E-state index contributed by atoms with van der Waals surface area (Å²) >= 11 is 1.84. The largest absolute Gasteiger partial charge is 0.504 e. The van der Waals surface area contributed by atoms with Gasteiger partial charge in [-0.3, -0.25) is 0 Å². The normalized spacial score (nSPS) is 13.3. The average molecular weight is 440 g/mol. The highest BCUT2D eigenvalue weighted by Crippen LogP contribution is 2.41. The Kier molecular flexibility index (Phi) is 5.62. The molecule has 8 nitrogen and oxygen atoms in total. The second kappa shape index (κ2) is 7.66. The molecule has 1 aromatic carbocycles. The number of nitrogens with zero attached hydrogens (tertiary/aromatic N) is 2. The first kappa shape index (κ1) is 20.5. The molecule has 0 aliphatic rings. The van der Waals surface area contributed by atoms with Crippen LogP contribution in [0.5, 0.6) is 5.75 Å². The minimum Gasteiger partial charge on any atom is -0.504 e. The number of aromatic hydroxyl groups is 1. The minimum atomic E-state index is -4.00. The molecule has 28 heavy (non-hydrogen) atoms. The van der Waals surface area contributed by atoms with Gasteiger partial charge in [0.15, 0.2) is 21.6 Å². The lowest BCUT2D eigenvalue weighted by Gasteiger charge is -2.32. The molecule has 0 radical (unpaired) electrons. The zero-order valence-electron chi connectivity index (χ0n) is 15.5. The highest BCUT2D eigenvalue weighted by atomic mass is 32.2. The van der Waals surface area contributed by atoms with E-state index >= 15 is 0 Å². The lowest BCUT2D eigenvalue weighted by atomic mass is 9.82. The molecule has 0 aliphatic carbocycles. The van der Waals surface area contributed by atoms with Gasteiger partial charge in [0, 0.05) is 5.38 Å². The summed E-state index contributed by atoms with van der Waals surface area (Å²) in [5.74, 6) is 0.475. The van der Waals surface area contributed by atoms with Gasteiger partial charge in [-0.1, -0.05) is 51.1 Å². The molecule has 0 unspecified atom stereocenters. The summed E-state index contributed by atoms with van der Waals surface area (Å²) in [5.41, 5.74) is 1.19. The first-order valence-electron chi connectivity index (χ1n) is 8.31. The van der Waals surface area contributed by atoms with E-state index in [0.717, 1.165) is 28.6 Å². The number of anilines is 3. The fraction of sp³-hybridized carbons (Fsp3) is 0.294. The van der Waals surface area contributed by atoms with Crippen molar-refractivity contribution in [3.05, 3.63) is 41.3 Å². The van der Waals surface area contributed by atoms with E-state index < -0.39 is 15.8 Å². The Morgan fingerprint density at radius 1 is 1.14 bits per heavy atom. The van der Waals surface area contributed by atoms with Crippen molar-refractivity contribution in [1.29, 1.82) is 0 Å². The number of benzene rings is 1. The number of primary sulfonamides is 1. The van der Waals surface area contributed by atoms with E-state index in [9.17, 15) is 13.5 Å². The van der Waals surface area contributed by atoms with Crippen LogP contribution >= 0.6 is 23.1 Å². The zero-order chi connectivity index (χ0) is 20.5. The number of nitrogens with one attached hydrogen (secondary N) is 2. The summed E-state index contributed by atoms with van der Waals surface area (Å²) in [6, 6.07) is 9.95. The Labute approximate surface area is 171 Å². The molecule has 0 amide bonds. The summed E-state index contributed by atoms with van der Waals surface area (Å²) in [6.45, 7) is 6.36. The predicted octanol–water partition coefficient (Wildman–Crippen LogP) is 3.90. The van der Waals surface area contributed by atoms with Crippen LogP contribution in [-0.4, -0.2) is 22.3 Å². The smallest absolute Gasteiger partial charge is 0.251 e. The number of aromatic nitrogens is 2. The molecule has 2 heterocycles. The summed E-state index contributed by atoms with van der Waals surface area (Å²) in [6.07, 6.45) is 0. The van der Waals surface area contributed by atoms with E-state index in [-0.39, 0.29) is 21.4 Å². The number of hydrogen-bond acceptors (Lipinski definition) is 9. The van der Waals surface area contributed by atoms with E-state index in [2.05, 4.69) is 40.2 Å². The maximum absolute atomic E-state index is 11.5. The molecule has 0 aliphatic heterocycles. The Morgan fingerprint density at radius 3 is 2.36 bits per heavy atom. The van der Waals surface area contributed by atoms with Crippen molar-refractivity contribution < 1.29 is 13.5 Å². The third-order valence-corrected chi connectivity index (χ3v) is 7.00. The molecule has 150 valence electrons. The van der Waals surface area contributed by atoms with Crippen molar-refractivity contribution in [2.75, 3.05) is 10.6 Å². The summed E-state index contributed by atoms with van der Waals surface area (Å²) in [5, 5.41) is 23.1. The van der Waals surface area contributed by atoms with E-state index in [0.29, 0.717) is 11.6 Å². The lowest BCUT2D eigenvalue weighted by Crippen LogP contribution is -2.26. The third kappa shape index (κ3) is 4.43. The second-order valence-corrected chi connectivity index (χ2v) is 10.4. The quantitative estimate of drug-likeness (QED) is 0.458. The molecule has 2 aromatic heterocycles. The molecule has 0 fully saturated rings. The lowest BCUT2D eigenvalue weighted by molar-refractivity contribution is 0.347. The molecule has 0 saturated carbocycles. The Morgan fingerprint density at radius 2 is 1.79 bits per heavy atom. The van der Waals surface area contributed by atoms with E-state index in [4.69, 9.17) is 5.14 Å². The van der Waals surface area contributed by atoms with Crippen LogP contribution in [0.1, 0.15) is 32.4 Å². The molecule has 1 atom stereocenters. The molecule has 0 spiro atoms. The standard InChI is InChI=1S/C17H21N5O3S3/c1-17(2,3)13(10-7-5-4-6-8-10)20-15-14(21-27-22-15)19-11-9-26-16(12(11)23)28(18,24)25/h4-9,13,23H,1-3H3,(H,19,21)(H,20,22)(H2,18,24,25)/t13-/m0/s1. The van der Waals surface area contributed by atoms with Crippen molar-refractivity contribution in [3.8, 4) is 5.75 Å². The number of thiophene rings is 1. The molecular weight excluding hydrogens is 418 g/mol. The fourth-order valence-electron chi connectivity index (χ4n) is 2.70. The monoisotopic (exact) mass is 439 g/mol. The van der Waals surface area contributed by atoms with Gasteiger partial charge in [0.25, 0.3) is 10.0 Å². The molecule has 3 rings (SSSR count). The highest BCUT2D eigenvalue weighted by Gasteiger charge is 2.28. The summed E-state index contributed by atoms with van der Waals surface area (Å²) < 4.78 is 31.3. The summed E-state index contributed by atoms with van der Waals surface area (Å²) in [4.78, 5) is 0. The number of nitrogens with two attached hydrogens (primary N) is 1. The van der Waals surface area contributed by atoms with Crippen molar-refractivity contribution in [2.24, 2.45) is 10.6 Å². The van der Waals surface area contributed by atoms with Crippen LogP contribution in [0.4, 0.5) is 17.3 Å². The van der Waals surface area contributed by atoms with Gasteiger partial charge in [-0.15, -0.1) is 11.3 Å². The van der Waals surface area contributed by atoms with Crippen LogP contribution in [0.2, 0.25) is 0 Å². The van der Waals surface area contributed by atoms with Gasteiger partial charge in [0.1, 0.15) is 0 Å². The molecule has 0 saturated heterocycles. The van der Waals surface area contributed by atoms with Crippen LogP contribution < -0.4 is 15.8 Å². The molecule has 3 aromatic rings. The Balaban J connectivity index is 1.89. The van der Waals surface area contributed by atoms with Gasteiger partial charge in [-0.05, 0) is 11.0 Å². The molecular formula is C17H21N5O3S3. The van der Waals surface area contributed by atoms with Crippen LogP contribution in [0.15, 0.2) is 39.9 Å². The third-order valence-electron chi connectivity index (χ3n) is 4.01. The Bertz CT molecular complexity index is 1060. The van der Waals surface area contributed by atoms with Crippen molar-refractivity contribution in [2.45, 2.75) is 31.0 Å². The topological polar surface area (TPSA) is 130 Å². The highest BCUT2D eigenvalue weighted by molar-refractivity contribution is 7.91. The van der Waals surface area contributed by atoms with Crippen molar-refractivity contribution in [3.63, 3.8) is 0 Å². The molecule has 0 bridgehead atoms. The fourth-order valence-corrected chi connectivity index (χ4v) is 4.85. The first-order valence-corrected chi connectivity index (χ1v) is 11.5. The Hall–Kier alpha value is -2.21. The van der Waals surface area contributed by atoms with Gasteiger partial charge in [-0.2, -0.15) is 8.75 Å². The maximum Gasteiger partial charge on any atom is 0.251 e. The second-order valence-electron chi connectivity index (χ2n) is 7.27. The van der Waals surface area contributed by atoms with E-state index in [1.165, 1.54) is 5.38 Å². The minimum absolute atomic E-state index is 0.0470. The average Bonchev–Trinajstić information content (AvgIpc) is 3.19. The van der Waals surface area contributed by atoms with Crippen molar-refractivity contribution in [1.82, 2.24) is 8.75 Å². The predicted molar refractivity (Wildman–Crippen MR) is 113 cm³/mol. The van der Waals surface area contributed by atoms with Gasteiger partial charge >= 0.3 is 0 Å². The van der Waals surface area contributed by atoms with Crippen LogP contribution in [0.25, 0.3) is 0 Å². The van der Waals surface area contributed by atoms with Crippen LogP contribution in [0.3, 0.4) is 0 Å². The maximum atomic E-state index is 11.5. The van der Waals surface area contributed by atoms with Gasteiger partial charge in [-0.25, -0.2) is 13.6 Å². The summed E-state index contributed by atoms with van der Waals surface area (Å²) in [7, 11) is -4.00. The van der Waals surface area contributed by atoms with E-state index in [1.807, 2.05) is 30.3 Å². The molecule has 11 heteroatoms. The van der Waals surface area contributed by atoms with E-state index in [1.54, 1.807) is 0 Å². The van der Waals surface area contributed by atoms with Gasteiger partial charge in [0.05, 0.1) is 23.5 Å². The first-order chi connectivity index (χ1) is 13.1. The van der Waals surface area contributed by atoms with Gasteiger partial charge < -0.3 is 15.7 Å². The van der Waals surface area contributed by atoms with Crippen LogP contribution in [-0.2, 0) is 10.0 Å². The number of sulfonamides is 1.